The van der Waals surface area contributed by atoms with Crippen molar-refractivity contribution in [2.24, 2.45) is 5.92 Å². The Bertz CT molecular complexity index is 578. The molecule has 0 bridgehead atoms. The molecule has 1 saturated heterocycles. The number of hydrogen-bond donors (Lipinski definition) is 3. The van der Waals surface area contributed by atoms with Crippen molar-refractivity contribution < 1.29 is 4.79 Å². The molecule has 0 saturated carbocycles. The predicted octanol–water partition coefficient (Wildman–Crippen LogP) is 1.89. The first-order chi connectivity index (χ1) is 10.3. The summed E-state index contributed by atoms with van der Waals surface area (Å²) in [5.74, 6) is 0.547. The molecule has 21 heavy (non-hydrogen) atoms. The SMILES string of the molecule is O=C(CC1CCNC1)Nc1ccc(Sc2ncn[nH]2)cc1. The molecule has 1 aromatic heterocycles. The normalized spacial score (nSPS) is 17.8. The number of rotatable bonds is 5. The van der Waals surface area contributed by atoms with Gasteiger partial charge in [0, 0.05) is 17.0 Å². The first-order valence-corrected chi connectivity index (χ1v) is 7.75. The van der Waals surface area contributed by atoms with E-state index in [1.807, 2.05) is 24.3 Å². The van der Waals surface area contributed by atoms with Crippen molar-refractivity contribution in [1.29, 1.82) is 0 Å². The molecule has 2 heterocycles. The Morgan fingerprint density at radius 2 is 2.24 bits per heavy atom. The van der Waals surface area contributed by atoms with Crippen LogP contribution >= 0.6 is 11.8 Å². The van der Waals surface area contributed by atoms with E-state index in [0.717, 1.165) is 35.2 Å². The Morgan fingerprint density at radius 1 is 1.38 bits per heavy atom. The van der Waals surface area contributed by atoms with Crippen molar-refractivity contribution in [3.63, 3.8) is 0 Å². The zero-order valence-electron chi connectivity index (χ0n) is 11.5. The zero-order chi connectivity index (χ0) is 14.5. The van der Waals surface area contributed by atoms with Crippen LogP contribution in [0.4, 0.5) is 5.69 Å². The van der Waals surface area contributed by atoms with E-state index in [-0.39, 0.29) is 5.91 Å². The van der Waals surface area contributed by atoms with Gasteiger partial charge >= 0.3 is 0 Å². The van der Waals surface area contributed by atoms with Crippen LogP contribution in [0.15, 0.2) is 40.6 Å². The van der Waals surface area contributed by atoms with Crippen LogP contribution in [0.1, 0.15) is 12.8 Å². The van der Waals surface area contributed by atoms with E-state index >= 15 is 0 Å². The molecular formula is C14H17N5OS. The van der Waals surface area contributed by atoms with Gasteiger partial charge in [0.15, 0.2) is 5.16 Å². The number of amides is 1. The molecule has 1 aliphatic heterocycles. The van der Waals surface area contributed by atoms with Crippen LogP contribution in [-0.4, -0.2) is 34.2 Å². The van der Waals surface area contributed by atoms with Gasteiger partial charge in [-0.3, -0.25) is 9.89 Å². The number of benzene rings is 1. The van der Waals surface area contributed by atoms with E-state index in [4.69, 9.17) is 0 Å². The third kappa shape index (κ3) is 4.05. The largest absolute Gasteiger partial charge is 0.326 e. The highest BCUT2D eigenvalue weighted by molar-refractivity contribution is 7.99. The van der Waals surface area contributed by atoms with E-state index in [2.05, 4.69) is 25.8 Å². The highest BCUT2D eigenvalue weighted by Gasteiger charge is 2.17. The number of hydrogen-bond acceptors (Lipinski definition) is 5. The van der Waals surface area contributed by atoms with E-state index in [9.17, 15) is 4.79 Å². The zero-order valence-corrected chi connectivity index (χ0v) is 12.3. The van der Waals surface area contributed by atoms with Crippen molar-refractivity contribution in [3.8, 4) is 0 Å². The number of carbonyl (C=O) groups is 1. The molecule has 1 aromatic carbocycles. The summed E-state index contributed by atoms with van der Waals surface area (Å²) >= 11 is 1.50. The molecule has 6 nitrogen and oxygen atoms in total. The summed E-state index contributed by atoms with van der Waals surface area (Å²) in [6, 6.07) is 7.73. The summed E-state index contributed by atoms with van der Waals surface area (Å²) in [6.45, 7) is 1.96. The summed E-state index contributed by atoms with van der Waals surface area (Å²) in [4.78, 5) is 17.0. The second-order valence-electron chi connectivity index (χ2n) is 5.03. The van der Waals surface area contributed by atoms with Crippen LogP contribution in [-0.2, 0) is 4.79 Å². The molecule has 0 radical (unpaired) electrons. The molecule has 2 aromatic rings. The van der Waals surface area contributed by atoms with Crippen LogP contribution in [0.5, 0.6) is 0 Å². The fraction of sp³-hybridized carbons (Fsp3) is 0.357. The van der Waals surface area contributed by atoms with E-state index < -0.39 is 0 Å². The quantitative estimate of drug-likeness (QED) is 0.786. The van der Waals surface area contributed by atoms with Crippen molar-refractivity contribution in [2.45, 2.75) is 22.9 Å². The molecular weight excluding hydrogens is 286 g/mol. The lowest BCUT2D eigenvalue weighted by atomic mass is 10.0. The van der Waals surface area contributed by atoms with Gasteiger partial charge in [-0.15, -0.1) is 0 Å². The summed E-state index contributed by atoms with van der Waals surface area (Å²) in [7, 11) is 0. The first kappa shape index (κ1) is 14.1. The van der Waals surface area contributed by atoms with Gasteiger partial charge < -0.3 is 10.6 Å². The average Bonchev–Trinajstić information content (AvgIpc) is 3.14. The number of aromatic amines is 1. The smallest absolute Gasteiger partial charge is 0.224 e. The van der Waals surface area contributed by atoms with E-state index in [1.165, 1.54) is 18.1 Å². The van der Waals surface area contributed by atoms with E-state index in [1.54, 1.807) is 0 Å². The second-order valence-corrected chi connectivity index (χ2v) is 6.09. The standard InChI is InChI=1S/C14H17N5OS/c20-13(7-10-5-6-15-8-10)18-11-1-3-12(4-2-11)21-14-16-9-17-19-14/h1-4,9-10,15H,5-8H2,(H,18,20)(H,16,17,19). The lowest BCUT2D eigenvalue weighted by Gasteiger charge is -2.09. The highest BCUT2D eigenvalue weighted by atomic mass is 32.2. The topological polar surface area (TPSA) is 82.7 Å². The molecule has 1 fully saturated rings. The molecule has 0 spiro atoms. The number of aromatic nitrogens is 3. The second kappa shape index (κ2) is 6.73. The van der Waals surface area contributed by atoms with Crippen molar-refractivity contribution >= 4 is 23.4 Å². The Hall–Kier alpha value is -1.86. The maximum Gasteiger partial charge on any atom is 0.224 e. The number of nitrogens with one attached hydrogen (secondary N) is 3. The van der Waals surface area contributed by atoms with Gasteiger partial charge in [-0.05, 0) is 49.7 Å². The van der Waals surface area contributed by atoms with Crippen LogP contribution in [0, 0.1) is 5.92 Å². The van der Waals surface area contributed by atoms with Gasteiger partial charge in [-0.2, -0.15) is 5.10 Å². The Morgan fingerprint density at radius 3 is 2.90 bits per heavy atom. The Balaban J connectivity index is 1.52. The van der Waals surface area contributed by atoms with Gasteiger partial charge in [0.25, 0.3) is 0 Å². The lowest BCUT2D eigenvalue weighted by Crippen LogP contribution is -2.18. The molecule has 1 aliphatic rings. The fourth-order valence-electron chi connectivity index (χ4n) is 2.32. The Labute approximate surface area is 127 Å². The van der Waals surface area contributed by atoms with Gasteiger partial charge in [0.1, 0.15) is 6.33 Å². The predicted molar refractivity (Wildman–Crippen MR) is 81.2 cm³/mol. The van der Waals surface area contributed by atoms with Gasteiger partial charge in [-0.25, -0.2) is 4.98 Å². The molecule has 1 atom stereocenters. The molecule has 3 N–H and O–H groups in total. The van der Waals surface area contributed by atoms with Crippen LogP contribution in [0.3, 0.4) is 0 Å². The maximum atomic E-state index is 11.9. The third-order valence-electron chi connectivity index (χ3n) is 3.38. The number of anilines is 1. The summed E-state index contributed by atoms with van der Waals surface area (Å²) < 4.78 is 0. The molecule has 3 rings (SSSR count). The lowest BCUT2D eigenvalue weighted by molar-refractivity contribution is -0.116. The first-order valence-electron chi connectivity index (χ1n) is 6.93. The number of nitrogens with zero attached hydrogens (tertiary/aromatic N) is 2. The molecule has 110 valence electrons. The third-order valence-corrected chi connectivity index (χ3v) is 4.28. The molecule has 0 aliphatic carbocycles. The van der Waals surface area contributed by atoms with Gasteiger partial charge in [0.2, 0.25) is 5.91 Å². The number of carbonyl (C=O) groups excluding carboxylic acids is 1. The molecule has 1 amide bonds. The summed E-state index contributed by atoms with van der Waals surface area (Å²) in [6.07, 6.45) is 3.15. The van der Waals surface area contributed by atoms with E-state index in [0.29, 0.717) is 12.3 Å². The number of H-pyrrole nitrogens is 1. The minimum Gasteiger partial charge on any atom is -0.326 e. The Kier molecular flexibility index (Phi) is 4.52. The van der Waals surface area contributed by atoms with Crippen molar-refractivity contribution in [2.75, 3.05) is 18.4 Å². The minimum atomic E-state index is 0.0827. The van der Waals surface area contributed by atoms with Crippen LogP contribution in [0.2, 0.25) is 0 Å². The fourth-order valence-corrected chi connectivity index (χ4v) is 3.02. The maximum absolute atomic E-state index is 11.9. The van der Waals surface area contributed by atoms with Crippen LogP contribution < -0.4 is 10.6 Å². The van der Waals surface area contributed by atoms with Crippen molar-refractivity contribution in [3.05, 3.63) is 30.6 Å². The summed E-state index contributed by atoms with van der Waals surface area (Å²) in [5, 5.41) is 13.6. The van der Waals surface area contributed by atoms with Crippen LogP contribution in [0.25, 0.3) is 0 Å². The molecule has 7 heteroatoms. The monoisotopic (exact) mass is 303 g/mol. The highest BCUT2D eigenvalue weighted by Crippen LogP contribution is 2.25. The summed E-state index contributed by atoms with van der Waals surface area (Å²) in [5.41, 5.74) is 0.827. The van der Waals surface area contributed by atoms with Gasteiger partial charge in [0.05, 0.1) is 0 Å². The van der Waals surface area contributed by atoms with Crippen molar-refractivity contribution in [1.82, 2.24) is 20.5 Å². The minimum absolute atomic E-state index is 0.0827. The van der Waals surface area contributed by atoms with Gasteiger partial charge in [-0.1, -0.05) is 11.8 Å². The average molecular weight is 303 g/mol. The molecule has 1 unspecified atom stereocenters.